The number of halogens is 1. The predicted octanol–water partition coefficient (Wildman–Crippen LogP) is 5.26. The number of aryl methyl sites for hydroxylation is 1. The summed E-state index contributed by atoms with van der Waals surface area (Å²) in [5, 5.41) is 0.674. The molecule has 0 bridgehead atoms. The Morgan fingerprint density at radius 2 is 1.79 bits per heavy atom. The molecule has 0 fully saturated rings. The maximum absolute atomic E-state index is 13.2. The number of rotatable bonds is 5. The van der Waals surface area contributed by atoms with E-state index in [0.29, 0.717) is 23.4 Å². The Labute approximate surface area is 180 Å². The van der Waals surface area contributed by atoms with Crippen molar-refractivity contribution in [2.45, 2.75) is 13.5 Å². The first kappa shape index (κ1) is 19.7. The number of methoxy groups -OCH3 is 2. The van der Waals surface area contributed by atoms with Crippen LogP contribution in [0.5, 0.6) is 11.5 Å². The molecule has 0 saturated heterocycles. The molecule has 4 aromatic rings. The number of benzene rings is 2. The summed E-state index contributed by atoms with van der Waals surface area (Å²) in [5.41, 5.74) is 2.92. The van der Waals surface area contributed by atoms with Gasteiger partial charge in [-0.3, -0.25) is 9.36 Å². The van der Waals surface area contributed by atoms with Crippen LogP contribution in [0.2, 0.25) is 0 Å². The highest BCUT2D eigenvalue weighted by Crippen LogP contribution is 2.36. The summed E-state index contributed by atoms with van der Waals surface area (Å²) in [6.45, 7) is 2.36. The molecule has 2 heterocycles. The van der Waals surface area contributed by atoms with Crippen molar-refractivity contribution in [3.8, 4) is 21.9 Å². The molecule has 0 atom stereocenters. The molecular formula is C22H19BrN2O3S. The molecule has 2 aromatic heterocycles. The Morgan fingerprint density at radius 3 is 2.48 bits per heavy atom. The Kier molecular flexibility index (Phi) is 5.43. The fourth-order valence-corrected chi connectivity index (χ4v) is 4.93. The van der Waals surface area contributed by atoms with Crippen molar-refractivity contribution in [2.75, 3.05) is 14.2 Å². The largest absolute Gasteiger partial charge is 0.493 e. The molecule has 0 unspecified atom stereocenters. The van der Waals surface area contributed by atoms with Crippen molar-refractivity contribution >= 4 is 37.5 Å². The highest BCUT2D eigenvalue weighted by molar-refractivity contribution is 9.10. The van der Waals surface area contributed by atoms with E-state index in [1.807, 2.05) is 37.3 Å². The molecule has 0 amide bonds. The van der Waals surface area contributed by atoms with E-state index >= 15 is 0 Å². The van der Waals surface area contributed by atoms with E-state index in [9.17, 15) is 4.79 Å². The smallest absolute Gasteiger partial charge is 0.262 e. The molecule has 2 aromatic carbocycles. The highest BCUT2D eigenvalue weighted by atomic mass is 79.9. The lowest BCUT2D eigenvalue weighted by Gasteiger charge is -2.13. The standard InChI is InChI=1S/C22H19BrN2O3S/c1-13-19-21(29-20(13)14-7-5-4-6-8-14)24-12-25(22(19)26)11-15-9-17(27-2)18(28-3)10-16(15)23/h4-10,12H,11H2,1-3H3. The molecule has 0 aliphatic rings. The summed E-state index contributed by atoms with van der Waals surface area (Å²) in [6.07, 6.45) is 1.61. The quantitative estimate of drug-likeness (QED) is 0.399. The lowest BCUT2D eigenvalue weighted by Crippen LogP contribution is -2.21. The number of thiophene rings is 1. The minimum Gasteiger partial charge on any atom is -0.493 e. The first-order chi connectivity index (χ1) is 14.0. The van der Waals surface area contributed by atoms with E-state index < -0.39 is 0 Å². The van der Waals surface area contributed by atoms with Crippen LogP contribution in [0.3, 0.4) is 0 Å². The summed E-state index contributed by atoms with van der Waals surface area (Å²) in [6, 6.07) is 13.8. The van der Waals surface area contributed by atoms with Crippen molar-refractivity contribution in [1.29, 1.82) is 0 Å². The van der Waals surface area contributed by atoms with Crippen LogP contribution in [0.1, 0.15) is 11.1 Å². The number of nitrogens with zero attached hydrogens (tertiary/aromatic N) is 2. The summed E-state index contributed by atoms with van der Waals surface area (Å²) in [7, 11) is 3.19. The maximum Gasteiger partial charge on any atom is 0.262 e. The fourth-order valence-electron chi connectivity index (χ4n) is 3.34. The molecule has 7 heteroatoms. The second kappa shape index (κ2) is 8.00. The van der Waals surface area contributed by atoms with Gasteiger partial charge in [-0.15, -0.1) is 11.3 Å². The van der Waals surface area contributed by atoms with Gasteiger partial charge in [0.05, 0.1) is 32.5 Å². The van der Waals surface area contributed by atoms with E-state index in [-0.39, 0.29) is 5.56 Å². The summed E-state index contributed by atoms with van der Waals surface area (Å²) in [5.74, 6) is 1.25. The molecular weight excluding hydrogens is 452 g/mol. The lowest BCUT2D eigenvalue weighted by molar-refractivity contribution is 0.354. The van der Waals surface area contributed by atoms with Crippen molar-refractivity contribution in [2.24, 2.45) is 0 Å². The second-order valence-corrected chi connectivity index (χ2v) is 8.43. The van der Waals surface area contributed by atoms with Crippen molar-refractivity contribution < 1.29 is 9.47 Å². The minimum absolute atomic E-state index is 0.0485. The second-order valence-electron chi connectivity index (χ2n) is 6.58. The van der Waals surface area contributed by atoms with Crippen LogP contribution in [0, 0.1) is 6.92 Å². The zero-order chi connectivity index (χ0) is 20.5. The molecule has 0 aliphatic heterocycles. The Morgan fingerprint density at radius 1 is 1.10 bits per heavy atom. The summed E-state index contributed by atoms with van der Waals surface area (Å²) in [4.78, 5) is 19.6. The normalized spacial score (nSPS) is 11.0. The van der Waals surface area contributed by atoms with Crippen LogP contribution >= 0.6 is 27.3 Å². The van der Waals surface area contributed by atoms with E-state index in [4.69, 9.17) is 9.47 Å². The summed E-state index contributed by atoms with van der Waals surface area (Å²) >= 11 is 5.11. The van der Waals surface area contributed by atoms with E-state index in [2.05, 4.69) is 33.0 Å². The molecule has 0 N–H and O–H groups in total. The lowest BCUT2D eigenvalue weighted by atomic mass is 10.1. The number of ether oxygens (including phenoxy) is 2. The number of hydrogen-bond acceptors (Lipinski definition) is 5. The van der Waals surface area contributed by atoms with E-state index in [0.717, 1.165) is 30.9 Å². The molecule has 0 radical (unpaired) electrons. The van der Waals surface area contributed by atoms with Gasteiger partial charge in [-0.1, -0.05) is 46.3 Å². The SMILES string of the molecule is COc1cc(Br)c(Cn2cnc3sc(-c4ccccc4)c(C)c3c2=O)cc1OC. The van der Waals surface area contributed by atoms with Crippen LogP contribution in [0.4, 0.5) is 0 Å². The van der Waals surface area contributed by atoms with Gasteiger partial charge in [-0.2, -0.15) is 0 Å². The van der Waals surface area contributed by atoms with Gasteiger partial charge in [0.25, 0.3) is 5.56 Å². The first-order valence-corrected chi connectivity index (χ1v) is 10.6. The molecule has 0 aliphatic carbocycles. The van der Waals surface area contributed by atoms with Crippen molar-refractivity contribution in [3.05, 3.63) is 74.7 Å². The summed E-state index contributed by atoms with van der Waals surface area (Å²) < 4.78 is 13.2. The fraction of sp³-hybridized carbons (Fsp3) is 0.182. The first-order valence-electron chi connectivity index (χ1n) is 8.97. The van der Waals surface area contributed by atoms with Crippen LogP contribution in [-0.2, 0) is 6.54 Å². The maximum atomic E-state index is 13.2. The minimum atomic E-state index is -0.0485. The Balaban J connectivity index is 1.80. The third-order valence-corrected chi connectivity index (χ3v) is 6.83. The van der Waals surface area contributed by atoms with Gasteiger partial charge in [0, 0.05) is 9.35 Å². The molecule has 0 saturated carbocycles. The Bertz CT molecular complexity index is 1250. The molecule has 29 heavy (non-hydrogen) atoms. The van der Waals surface area contributed by atoms with Crippen LogP contribution < -0.4 is 15.0 Å². The number of fused-ring (bicyclic) bond motifs is 1. The third kappa shape index (κ3) is 3.56. The molecule has 4 rings (SSSR count). The average Bonchev–Trinajstić information content (AvgIpc) is 3.08. The monoisotopic (exact) mass is 470 g/mol. The molecule has 148 valence electrons. The van der Waals surface area contributed by atoms with Gasteiger partial charge in [-0.05, 0) is 35.7 Å². The van der Waals surface area contributed by atoms with Crippen molar-refractivity contribution in [1.82, 2.24) is 9.55 Å². The van der Waals surface area contributed by atoms with E-state index in [1.54, 1.807) is 36.5 Å². The average molecular weight is 471 g/mol. The zero-order valence-electron chi connectivity index (χ0n) is 16.2. The number of aromatic nitrogens is 2. The highest BCUT2D eigenvalue weighted by Gasteiger charge is 2.17. The van der Waals surface area contributed by atoms with Gasteiger partial charge in [0.15, 0.2) is 11.5 Å². The van der Waals surface area contributed by atoms with E-state index in [1.165, 1.54) is 0 Å². The predicted molar refractivity (Wildman–Crippen MR) is 120 cm³/mol. The van der Waals surface area contributed by atoms with Crippen LogP contribution in [-0.4, -0.2) is 23.8 Å². The van der Waals surface area contributed by atoms with Gasteiger partial charge >= 0.3 is 0 Å². The Hall–Kier alpha value is -2.64. The zero-order valence-corrected chi connectivity index (χ0v) is 18.6. The van der Waals surface area contributed by atoms with Gasteiger partial charge in [0.1, 0.15) is 4.83 Å². The van der Waals surface area contributed by atoms with Gasteiger partial charge < -0.3 is 9.47 Å². The van der Waals surface area contributed by atoms with Gasteiger partial charge in [-0.25, -0.2) is 4.98 Å². The van der Waals surface area contributed by atoms with Crippen LogP contribution in [0.25, 0.3) is 20.7 Å². The number of hydrogen-bond donors (Lipinski definition) is 0. The third-order valence-electron chi connectivity index (χ3n) is 4.85. The van der Waals surface area contributed by atoms with Crippen LogP contribution in [0.15, 0.2) is 58.1 Å². The van der Waals surface area contributed by atoms with Gasteiger partial charge in [0.2, 0.25) is 0 Å². The molecule has 5 nitrogen and oxygen atoms in total. The van der Waals surface area contributed by atoms with Crippen molar-refractivity contribution in [3.63, 3.8) is 0 Å². The molecule has 0 spiro atoms. The topological polar surface area (TPSA) is 53.4 Å².